The van der Waals surface area contributed by atoms with E-state index in [1.54, 1.807) is 23.2 Å². The highest BCUT2D eigenvalue weighted by molar-refractivity contribution is 7.09. The molecule has 86 valence electrons. The van der Waals surface area contributed by atoms with Crippen LogP contribution in [0.4, 0.5) is 0 Å². The van der Waals surface area contributed by atoms with Crippen LogP contribution in [0.25, 0.3) is 0 Å². The summed E-state index contributed by atoms with van der Waals surface area (Å²) in [7, 11) is 0. The molecule has 2 rings (SSSR count). The first-order valence-corrected chi connectivity index (χ1v) is 6.08. The second kappa shape index (κ2) is 4.71. The fourth-order valence-electron chi connectivity index (χ4n) is 1.56. The summed E-state index contributed by atoms with van der Waals surface area (Å²) in [6.45, 7) is 4.16. The van der Waals surface area contributed by atoms with Crippen LogP contribution >= 0.6 is 11.3 Å². The van der Waals surface area contributed by atoms with Crippen molar-refractivity contribution in [3.63, 3.8) is 0 Å². The van der Waals surface area contributed by atoms with Crippen molar-refractivity contribution >= 4 is 11.3 Å². The van der Waals surface area contributed by atoms with Crippen LogP contribution in [0.2, 0.25) is 0 Å². The lowest BCUT2D eigenvalue weighted by molar-refractivity contribution is 0.494. The van der Waals surface area contributed by atoms with Gasteiger partial charge in [0.2, 0.25) is 0 Å². The van der Waals surface area contributed by atoms with Gasteiger partial charge in [-0.3, -0.25) is 4.98 Å². The summed E-state index contributed by atoms with van der Waals surface area (Å²) < 4.78 is 1.90. The van der Waals surface area contributed by atoms with Crippen LogP contribution in [-0.4, -0.2) is 19.7 Å². The van der Waals surface area contributed by atoms with E-state index < -0.39 is 0 Å². The first kappa shape index (κ1) is 11.2. The summed E-state index contributed by atoms with van der Waals surface area (Å²) in [5.74, 6) is 0.927. The minimum absolute atomic E-state index is 0.0470. The molecule has 0 aliphatic carbocycles. The summed E-state index contributed by atoms with van der Waals surface area (Å²) in [5, 5.41) is 4.19. The van der Waals surface area contributed by atoms with Gasteiger partial charge in [-0.05, 0) is 13.8 Å². The van der Waals surface area contributed by atoms with Crippen molar-refractivity contribution in [1.82, 2.24) is 19.7 Å². The zero-order valence-electron chi connectivity index (χ0n) is 9.37. The van der Waals surface area contributed by atoms with Gasteiger partial charge in [0.05, 0.1) is 5.51 Å². The van der Waals surface area contributed by atoms with Crippen LogP contribution in [-0.2, 0) is 6.42 Å². The summed E-state index contributed by atoms with van der Waals surface area (Å²) in [4.78, 5) is 9.35. The number of hydrogen-bond donors (Lipinski definition) is 1. The molecule has 2 aromatic rings. The van der Waals surface area contributed by atoms with Gasteiger partial charge in [0.15, 0.2) is 0 Å². The largest absolute Gasteiger partial charge is 0.323 e. The molecule has 0 saturated heterocycles. The number of aromatic nitrogens is 4. The predicted octanol–water partition coefficient (Wildman–Crippen LogP) is 1.56. The van der Waals surface area contributed by atoms with Crippen LogP contribution in [0.15, 0.2) is 18.0 Å². The normalized spacial score (nSPS) is 13.2. The third-order valence-corrected chi connectivity index (χ3v) is 3.26. The van der Waals surface area contributed by atoms with Crippen LogP contribution in [0.1, 0.15) is 36.6 Å². The standard InChI is InChI=1S/C10H15N5S/c1-7(2)15-10(13-5-14-15)3-8(11)9-4-12-6-16-9/h4-8H,3,11H2,1-2H3. The first-order chi connectivity index (χ1) is 7.68. The third kappa shape index (κ3) is 2.28. The van der Waals surface area contributed by atoms with E-state index in [9.17, 15) is 0 Å². The quantitative estimate of drug-likeness (QED) is 0.876. The van der Waals surface area contributed by atoms with E-state index in [-0.39, 0.29) is 6.04 Å². The van der Waals surface area contributed by atoms with E-state index in [2.05, 4.69) is 28.9 Å². The lowest BCUT2D eigenvalue weighted by atomic mass is 10.2. The van der Waals surface area contributed by atoms with Gasteiger partial charge in [-0.25, -0.2) is 9.67 Å². The molecule has 5 nitrogen and oxygen atoms in total. The summed E-state index contributed by atoms with van der Waals surface area (Å²) in [5.41, 5.74) is 7.88. The summed E-state index contributed by atoms with van der Waals surface area (Å²) >= 11 is 1.57. The predicted molar refractivity (Wildman–Crippen MR) is 63.2 cm³/mol. The molecule has 0 fully saturated rings. The zero-order chi connectivity index (χ0) is 11.5. The molecule has 0 saturated carbocycles. The van der Waals surface area contributed by atoms with Crippen molar-refractivity contribution in [3.8, 4) is 0 Å². The van der Waals surface area contributed by atoms with Crippen molar-refractivity contribution in [2.75, 3.05) is 0 Å². The second-order valence-electron chi connectivity index (χ2n) is 3.93. The van der Waals surface area contributed by atoms with Gasteiger partial charge in [0.25, 0.3) is 0 Å². The monoisotopic (exact) mass is 237 g/mol. The molecule has 0 aromatic carbocycles. The molecule has 0 aliphatic rings. The number of hydrogen-bond acceptors (Lipinski definition) is 5. The Balaban J connectivity index is 2.12. The highest BCUT2D eigenvalue weighted by atomic mass is 32.1. The SMILES string of the molecule is CC(C)n1ncnc1CC(N)c1cncs1. The number of nitrogens with zero attached hydrogens (tertiary/aromatic N) is 4. The molecule has 0 amide bonds. The molecule has 1 atom stereocenters. The fraction of sp³-hybridized carbons (Fsp3) is 0.500. The van der Waals surface area contributed by atoms with Gasteiger partial charge >= 0.3 is 0 Å². The Hall–Kier alpha value is -1.27. The maximum Gasteiger partial charge on any atom is 0.138 e. The van der Waals surface area contributed by atoms with Crippen LogP contribution < -0.4 is 5.73 Å². The lowest BCUT2D eigenvalue weighted by Gasteiger charge is -2.12. The Morgan fingerprint density at radius 2 is 2.31 bits per heavy atom. The van der Waals surface area contributed by atoms with Crippen molar-refractivity contribution in [1.29, 1.82) is 0 Å². The van der Waals surface area contributed by atoms with Gasteiger partial charge in [0.1, 0.15) is 12.2 Å². The van der Waals surface area contributed by atoms with Crippen LogP contribution in [0.5, 0.6) is 0 Å². The first-order valence-electron chi connectivity index (χ1n) is 5.21. The van der Waals surface area contributed by atoms with E-state index >= 15 is 0 Å². The highest BCUT2D eigenvalue weighted by Gasteiger charge is 2.14. The van der Waals surface area contributed by atoms with Crippen molar-refractivity contribution < 1.29 is 0 Å². The average molecular weight is 237 g/mol. The number of thiazole rings is 1. The topological polar surface area (TPSA) is 69.6 Å². The van der Waals surface area contributed by atoms with Gasteiger partial charge in [0, 0.05) is 29.6 Å². The van der Waals surface area contributed by atoms with Gasteiger partial charge in [-0.2, -0.15) is 5.10 Å². The van der Waals surface area contributed by atoms with E-state index in [1.807, 2.05) is 10.9 Å². The van der Waals surface area contributed by atoms with E-state index in [0.29, 0.717) is 12.5 Å². The Bertz CT molecular complexity index is 434. The second-order valence-corrected chi connectivity index (χ2v) is 4.85. The van der Waals surface area contributed by atoms with Crippen molar-refractivity contribution in [3.05, 3.63) is 28.7 Å². The molecular formula is C10H15N5S. The van der Waals surface area contributed by atoms with Crippen LogP contribution in [0.3, 0.4) is 0 Å². The molecule has 2 heterocycles. The van der Waals surface area contributed by atoms with Crippen molar-refractivity contribution in [2.45, 2.75) is 32.4 Å². The minimum atomic E-state index is -0.0470. The lowest BCUT2D eigenvalue weighted by Crippen LogP contribution is -2.17. The van der Waals surface area contributed by atoms with Gasteiger partial charge in [-0.1, -0.05) is 0 Å². The Kier molecular flexibility index (Phi) is 3.31. The van der Waals surface area contributed by atoms with Crippen molar-refractivity contribution in [2.24, 2.45) is 5.73 Å². The molecular weight excluding hydrogens is 222 g/mol. The molecule has 0 radical (unpaired) electrons. The Labute approximate surface area is 98.3 Å². The number of nitrogens with two attached hydrogens (primary N) is 1. The van der Waals surface area contributed by atoms with E-state index in [4.69, 9.17) is 5.73 Å². The fourth-order valence-corrected chi connectivity index (χ4v) is 2.18. The molecule has 6 heteroatoms. The average Bonchev–Trinajstić information content (AvgIpc) is 2.86. The molecule has 0 spiro atoms. The molecule has 0 aliphatic heterocycles. The van der Waals surface area contributed by atoms with E-state index in [1.165, 1.54) is 0 Å². The highest BCUT2D eigenvalue weighted by Crippen LogP contribution is 2.19. The number of rotatable bonds is 4. The van der Waals surface area contributed by atoms with Gasteiger partial charge < -0.3 is 5.73 Å². The molecule has 2 aromatic heterocycles. The summed E-state index contributed by atoms with van der Waals surface area (Å²) in [6.07, 6.45) is 4.08. The molecule has 16 heavy (non-hydrogen) atoms. The molecule has 1 unspecified atom stereocenters. The Morgan fingerprint density at radius 3 is 2.94 bits per heavy atom. The smallest absolute Gasteiger partial charge is 0.138 e. The summed E-state index contributed by atoms with van der Waals surface area (Å²) in [6, 6.07) is 0.264. The zero-order valence-corrected chi connectivity index (χ0v) is 10.2. The molecule has 0 bridgehead atoms. The maximum atomic E-state index is 6.09. The molecule has 2 N–H and O–H groups in total. The van der Waals surface area contributed by atoms with Gasteiger partial charge in [-0.15, -0.1) is 11.3 Å². The maximum absolute atomic E-state index is 6.09. The Morgan fingerprint density at radius 1 is 1.50 bits per heavy atom. The van der Waals surface area contributed by atoms with E-state index in [0.717, 1.165) is 10.7 Å². The minimum Gasteiger partial charge on any atom is -0.323 e. The van der Waals surface area contributed by atoms with Crippen LogP contribution in [0, 0.1) is 0 Å². The third-order valence-electron chi connectivity index (χ3n) is 2.36.